The molecule has 0 amide bonds. The van der Waals surface area contributed by atoms with Gasteiger partial charge in [-0.25, -0.2) is 19.3 Å². The average molecular weight is 546 g/mol. The summed E-state index contributed by atoms with van der Waals surface area (Å²) < 4.78 is 21.4. The molecule has 2 aromatic heterocycles. The van der Waals surface area contributed by atoms with Crippen LogP contribution < -0.4 is 20.7 Å². The van der Waals surface area contributed by atoms with Gasteiger partial charge in [0.25, 0.3) is 0 Å². The number of nitrogens with one attached hydrogen (secondary N) is 1. The van der Waals surface area contributed by atoms with Crippen molar-refractivity contribution in [3.05, 3.63) is 48.4 Å². The van der Waals surface area contributed by atoms with E-state index in [2.05, 4.69) is 42.0 Å². The van der Waals surface area contributed by atoms with E-state index in [1.54, 1.807) is 25.4 Å². The molecule has 0 spiro atoms. The summed E-state index contributed by atoms with van der Waals surface area (Å²) in [5, 5.41) is 3.27. The third-order valence-corrected chi connectivity index (χ3v) is 8.18. The van der Waals surface area contributed by atoms with E-state index < -0.39 is 0 Å². The molecule has 210 valence electrons. The molecule has 0 unspecified atom stereocenters. The number of ether oxygens (including phenoxy) is 1. The molecule has 0 atom stereocenters. The summed E-state index contributed by atoms with van der Waals surface area (Å²) >= 11 is 0. The third-order valence-electron chi connectivity index (χ3n) is 8.18. The summed E-state index contributed by atoms with van der Waals surface area (Å²) in [6.07, 6.45) is 3.92. The van der Waals surface area contributed by atoms with Crippen LogP contribution >= 0.6 is 0 Å². The molecule has 11 heteroatoms. The number of nitrogens with zero attached hydrogens (tertiary/aromatic N) is 7. The van der Waals surface area contributed by atoms with Crippen LogP contribution in [0.3, 0.4) is 0 Å². The quantitative estimate of drug-likeness (QED) is 0.351. The Morgan fingerprint density at radius 2 is 1.75 bits per heavy atom. The molecule has 2 aliphatic rings. The first-order valence-corrected chi connectivity index (χ1v) is 13.8. The van der Waals surface area contributed by atoms with Gasteiger partial charge >= 0.3 is 0 Å². The minimum atomic E-state index is -0.324. The molecule has 0 saturated carbocycles. The van der Waals surface area contributed by atoms with E-state index in [1.165, 1.54) is 12.1 Å². The molecule has 2 aromatic carbocycles. The van der Waals surface area contributed by atoms with Crippen LogP contribution in [-0.4, -0.2) is 88.8 Å². The van der Waals surface area contributed by atoms with Crippen LogP contribution in [0.25, 0.3) is 22.6 Å². The van der Waals surface area contributed by atoms with Crippen LogP contribution in [0.5, 0.6) is 5.75 Å². The van der Waals surface area contributed by atoms with Gasteiger partial charge in [0.15, 0.2) is 5.82 Å². The van der Waals surface area contributed by atoms with Gasteiger partial charge in [-0.2, -0.15) is 0 Å². The van der Waals surface area contributed by atoms with Crippen molar-refractivity contribution in [3.8, 4) is 17.3 Å². The number of piperidine rings is 1. The topological polar surface area (TPSA) is 101 Å². The monoisotopic (exact) mass is 545 g/mol. The van der Waals surface area contributed by atoms with Crippen LogP contribution in [0.4, 0.5) is 27.4 Å². The van der Waals surface area contributed by atoms with E-state index in [9.17, 15) is 4.39 Å². The van der Waals surface area contributed by atoms with Crippen molar-refractivity contribution in [1.29, 1.82) is 0 Å². The number of hydrogen-bond acceptors (Lipinski definition) is 9. The number of fused-ring (bicyclic) bond motifs is 1. The number of nitrogens with two attached hydrogens (primary N) is 1. The summed E-state index contributed by atoms with van der Waals surface area (Å²) in [5.74, 6) is 1.34. The lowest BCUT2D eigenvalue weighted by Crippen LogP contribution is -2.52. The average Bonchev–Trinajstić information content (AvgIpc) is 3.29. The number of likely N-dealkylation sites (N-methyl/N-ethyl adjacent to an activating group) is 1. The van der Waals surface area contributed by atoms with Gasteiger partial charge in [0, 0.05) is 70.7 Å². The van der Waals surface area contributed by atoms with Crippen LogP contribution in [0, 0.1) is 5.82 Å². The van der Waals surface area contributed by atoms with E-state index in [-0.39, 0.29) is 5.82 Å². The van der Waals surface area contributed by atoms with Crippen molar-refractivity contribution in [2.45, 2.75) is 18.9 Å². The van der Waals surface area contributed by atoms with Gasteiger partial charge < -0.3 is 30.2 Å². The van der Waals surface area contributed by atoms with Gasteiger partial charge in [0.05, 0.1) is 35.2 Å². The van der Waals surface area contributed by atoms with Gasteiger partial charge in [-0.15, -0.1) is 0 Å². The van der Waals surface area contributed by atoms with E-state index in [1.807, 2.05) is 23.7 Å². The maximum absolute atomic E-state index is 13.7. The van der Waals surface area contributed by atoms with Crippen molar-refractivity contribution >= 4 is 34.0 Å². The van der Waals surface area contributed by atoms with Crippen LogP contribution in [0.1, 0.15) is 12.8 Å². The fourth-order valence-corrected chi connectivity index (χ4v) is 5.85. The third kappa shape index (κ3) is 5.14. The number of benzene rings is 2. The number of rotatable bonds is 6. The normalized spacial score (nSPS) is 17.4. The van der Waals surface area contributed by atoms with E-state index in [0.717, 1.165) is 63.3 Å². The smallest absolute Gasteiger partial charge is 0.227 e. The predicted octanol–water partition coefficient (Wildman–Crippen LogP) is 3.72. The zero-order valence-electron chi connectivity index (χ0n) is 23.3. The lowest BCUT2D eigenvalue weighted by atomic mass is 10.0. The Kier molecular flexibility index (Phi) is 7.16. The first-order valence-electron chi connectivity index (χ1n) is 13.8. The van der Waals surface area contributed by atoms with Gasteiger partial charge in [0.2, 0.25) is 5.95 Å². The van der Waals surface area contributed by atoms with Crippen molar-refractivity contribution in [3.63, 3.8) is 0 Å². The van der Waals surface area contributed by atoms with Gasteiger partial charge in [-0.3, -0.25) is 4.90 Å². The fraction of sp³-hybridized carbons (Fsp3) is 0.414. The first kappa shape index (κ1) is 26.3. The first-order chi connectivity index (χ1) is 19.4. The Hall–Kier alpha value is -3.96. The number of hydrogen-bond donors (Lipinski definition) is 2. The Morgan fingerprint density at radius 1 is 0.975 bits per heavy atom. The molecule has 2 aliphatic heterocycles. The van der Waals surface area contributed by atoms with Crippen molar-refractivity contribution < 1.29 is 9.13 Å². The molecule has 6 rings (SSSR count). The summed E-state index contributed by atoms with van der Waals surface area (Å²) in [6.45, 7) is 6.51. The Morgan fingerprint density at radius 3 is 2.50 bits per heavy atom. The van der Waals surface area contributed by atoms with Crippen LogP contribution in [0.15, 0.2) is 42.6 Å². The largest absolute Gasteiger partial charge is 0.494 e. The molecule has 0 bridgehead atoms. The summed E-state index contributed by atoms with van der Waals surface area (Å²) in [6, 6.07) is 10.9. The molecule has 2 saturated heterocycles. The maximum Gasteiger partial charge on any atom is 0.227 e. The molecule has 4 heterocycles. The number of imidazole rings is 1. The second kappa shape index (κ2) is 10.9. The van der Waals surface area contributed by atoms with Crippen molar-refractivity contribution in [1.82, 2.24) is 29.3 Å². The van der Waals surface area contributed by atoms with Gasteiger partial charge in [-0.05, 0) is 44.2 Å². The molecule has 10 nitrogen and oxygen atoms in total. The van der Waals surface area contributed by atoms with Crippen molar-refractivity contribution in [2.24, 2.45) is 7.05 Å². The highest BCUT2D eigenvalue weighted by Crippen LogP contribution is 2.38. The number of aryl methyl sites for hydroxylation is 1. The zero-order chi connectivity index (χ0) is 27.8. The zero-order valence-corrected chi connectivity index (χ0v) is 23.3. The molecule has 0 radical (unpaired) electrons. The Labute approximate surface area is 233 Å². The minimum Gasteiger partial charge on any atom is -0.494 e. The Bertz CT molecular complexity index is 1510. The second-order valence-corrected chi connectivity index (χ2v) is 10.7. The van der Waals surface area contributed by atoms with Crippen LogP contribution in [-0.2, 0) is 7.05 Å². The molecule has 0 aliphatic carbocycles. The highest BCUT2D eigenvalue weighted by molar-refractivity contribution is 5.81. The van der Waals surface area contributed by atoms with E-state index in [0.29, 0.717) is 46.1 Å². The second-order valence-electron chi connectivity index (χ2n) is 10.7. The number of anilines is 4. The number of methoxy groups -OCH3 is 1. The number of piperazine rings is 1. The number of halogens is 1. The van der Waals surface area contributed by atoms with Gasteiger partial charge in [-0.1, -0.05) is 0 Å². The predicted molar refractivity (Wildman–Crippen MR) is 157 cm³/mol. The number of nitrogen functional groups attached to an aromatic ring is 1. The fourth-order valence-electron chi connectivity index (χ4n) is 5.85. The maximum atomic E-state index is 13.7. The van der Waals surface area contributed by atoms with E-state index >= 15 is 0 Å². The lowest BCUT2D eigenvalue weighted by Gasteiger charge is -2.42. The van der Waals surface area contributed by atoms with Gasteiger partial charge in [0.1, 0.15) is 17.3 Å². The summed E-state index contributed by atoms with van der Waals surface area (Å²) in [5.41, 5.74) is 10.9. The minimum absolute atomic E-state index is 0.324. The standard InChI is InChI=1S/C29H36FN9O/c1-36-12-14-38(15-13-36)20-7-10-39(11-8-20)26-18-27(40-3)24(17-21(26)31)35-29-32-9-6-22(34-29)28-33-23-16-19(30)4-5-25(23)37(28)2/h4-6,9,16-18,20H,7-8,10-15,31H2,1-3H3,(H,32,34,35). The molecule has 3 N–H and O–H groups in total. The highest BCUT2D eigenvalue weighted by atomic mass is 19.1. The molecule has 4 aromatic rings. The van der Waals surface area contributed by atoms with E-state index in [4.69, 9.17) is 10.5 Å². The molecule has 40 heavy (non-hydrogen) atoms. The van der Waals surface area contributed by atoms with Crippen LogP contribution in [0.2, 0.25) is 0 Å². The lowest BCUT2D eigenvalue weighted by molar-refractivity contribution is 0.0982. The molecular formula is C29H36FN9O. The number of aromatic nitrogens is 4. The molecular weight excluding hydrogens is 509 g/mol. The SMILES string of the molecule is COc1cc(N2CCC(N3CCN(C)CC3)CC2)c(N)cc1Nc1nccc(-c2nc3cc(F)ccc3n2C)n1. The van der Waals surface area contributed by atoms with Crippen molar-refractivity contribution in [2.75, 3.05) is 69.4 Å². The molecule has 2 fully saturated rings. The highest BCUT2D eigenvalue weighted by Gasteiger charge is 2.28. The summed E-state index contributed by atoms with van der Waals surface area (Å²) in [7, 11) is 5.73. The summed E-state index contributed by atoms with van der Waals surface area (Å²) in [4.78, 5) is 21.1. The Balaban J connectivity index is 1.19.